The van der Waals surface area contributed by atoms with E-state index < -0.39 is 29.4 Å². The van der Waals surface area contributed by atoms with Gasteiger partial charge in [-0.3, -0.25) is 14.3 Å². The molecule has 0 unspecified atom stereocenters. The number of alkyl halides is 3. The van der Waals surface area contributed by atoms with Gasteiger partial charge in [-0.1, -0.05) is 6.07 Å². The SMILES string of the molecule is [C-]#[N+]c1cc(-c2ccc(C)nc2)c2nc([C@H]3CC[C@@H](C(F)(F)F)C3)n(-c3ccc(OC)c(F)c3)c(=O)c2c1. The molecule has 2 aromatic carbocycles. The molecule has 2 atom stereocenters. The lowest BCUT2D eigenvalue weighted by atomic mass is 10.00. The molecule has 1 fully saturated rings. The lowest BCUT2D eigenvalue weighted by Gasteiger charge is -2.20. The first-order chi connectivity index (χ1) is 18.1. The first-order valence-electron chi connectivity index (χ1n) is 11.9. The maximum atomic E-state index is 14.7. The molecule has 0 spiro atoms. The van der Waals surface area contributed by atoms with Gasteiger partial charge in [0.05, 0.1) is 36.2 Å². The highest BCUT2D eigenvalue weighted by molar-refractivity contribution is 5.96. The number of nitrogens with zero attached hydrogens (tertiary/aromatic N) is 4. The lowest BCUT2D eigenvalue weighted by molar-refractivity contribution is -0.172. The Morgan fingerprint density at radius 2 is 1.92 bits per heavy atom. The molecule has 0 N–H and O–H groups in total. The Morgan fingerprint density at radius 3 is 2.53 bits per heavy atom. The molecule has 1 aliphatic carbocycles. The summed E-state index contributed by atoms with van der Waals surface area (Å²) in [4.78, 5) is 26.5. The van der Waals surface area contributed by atoms with E-state index in [2.05, 4.69) is 9.83 Å². The maximum Gasteiger partial charge on any atom is 0.391 e. The number of ether oxygens (including phenoxy) is 1. The van der Waals surface area contributed by atoms with Crippen LogP contribution in [0, 0.1) is 25.2 Å². The Labute approximate surface area is 215 Å². The molecular formula is C28H22F4N4O2. The summed E-state index contributed by atoms with van der Waals surface area (Å²) in [6.45, 7) is 9.36. The summed E-state index contributed by atoms with van der Waals surface area (Å²) in [6.07, 6.45) is -2.93. The summed E-state index contributed by atoms with van der Waals surface area (Å²) in [7, 11) is 1.30. The third-order valence-electron chi connectivity index (χ3n) is 6.99. The second kappa shape index (κ2) is 9.56. The first-order valence-corrected chi connectivity index (χ1v) is 11.9. The molecule has 6 nitrogen and oxygen atoms in total. The maximum absolute atomic E-state index is 14.7. The summed E-state index contributed by atoms with van der Waals surface area (Å²) in [5.41, 5.74) is 1.79. The molecule has 0 radical (unpaired) electrons. The minimum absolute atomic E-state index is 0.0421. The molecule has 5 rings (SSSR count). The molecule has 38 heavy (non-hydrogen) atoms. The Balaban J connectivity index is 1.82. The number of hydrogen-bond acceptors (Lipinski definition) is 4. The summed E-state index contributed by atoms with van der Waals surface area (Å²) in [5, 5.41) is 0.0967. The van der Waals surface area contributed by atoms with Crippen LogP contribution in [0.2, 0.25) is 0 Å². The number of benzene rings is 2. The van der Waals surface area contributed by atoms with Gasteiger partial charge in [-0.15, -0.1) is 0 Å². The van der Waals surface area contributed by atoms with Crippen LogP contribution in [0.3, 0.4) is 0 Å². The third-order valence-corrected chi connectivity index (χ3v) is 6.99. The minimum atomic E-state index is -4.37. The fourth-order valence-corrected chi connectivity index (χ4v) is 5.03. The van der Waals surface area contributed by atoms with Gasteiger partial charge < -0.3 is 4.74 Å². The van der Waals surface area contributed by atoms with Crippen LogP contribution >= 0.6 is 0 Å². The fraction of sp³-hybridized carbons (Fsp3) is 0.286. The van der Waals surface area contributed by atoms with Gasteiger partial charge in [0.1, 0.15) is 5.82 Å². The Bertz CT molecular complexity index is 1640. The molecule has 0 bridgehead atoms. The molecule has 0 amide bonds. The molecule has 10 heteroatoms. The van der Waals surface area contributed by atoms with E-state index in [1.807, 2.05) is 6.92 Å². The van der Waals surface area contributed by atoms with Crippen LogP contribution in [-0.4, -0.2) is 27.8 Å². The Hall–Kier alpha value is -4.26. The van der Waals surface area contributed by atoms with E-state index >= 15 is 0 Å². The van der Waals surface area contributed by atoms with Crippen molar-refractivity contribution in [2.45, 2.75) is 38.3 Å². The van der Waals surface area contributed by atoms with E-state index in [9.17, 15) is 22.4 Å². The normalized spacial score (nSPS) is 17.5. The highest BCUT2D eigenvalue weighted by Crippen LogP contribution is 2.46. The zero-order chi connectivity index (χ0) is 27.2. The molecule has 2 heterocycles. The van der Waals surface area contributed by atoms with Gasteiger partial charge in [0.2, 0.25) is 0 Å². The fourth-order valence-electron chi connectivity index (χ4n) is 5.03. The Kier molecular flexibility index (Phi) is 6.39. The van der Waals surface area contributed by atoms with Crippen molar-refractivity contribution in [3.63, 3.8) is 0 Å². The smallest absolute Gasteiger partial charge is 0.391 e. The zero-order valence-corrected chi connectivity index (χ0v) is 20.5. The number of fused-ring (bicyclic) bond motifs is 1. The van der Waals surface area contributed by atoms with Crippen LogP contribution < -0.4 is 10.3 Å². The molecular weight excluding hydrogens is 500 g/mol. The van der Waals surface area contributed by atoms with Crippen molar-refractivity contribution >= 4 is 16.6 Å². The standard InChI is InChI=1S/C28H22F4N4O2/c1-15-4-5-17(14-34-15)21-11-19(33-2)12-22-25(21)35-26(16-6-7-18(10-16)28(30,31)32)36(27(22)37)20-8-9-24(38-3)23(29)13-20/h4-5,8-9,11-14,16,18H,6-7,10H2,1,3H3/t16-,18+/m0/s1. The van der Waals surface area contributed by atoms with Gasteiger partial charge in [-0.2, -0.15) is 13.2 Å². The summed E-state index contributed by atoms with van der Waals surface area (Å²) >= 11 is 0. The predicted octanol–water partition coefficient (Wildman–Crippen LogP) is 6.90. The van der Waals surface area contributed by atoms with Crippen LogP contribution in [0.5, 0.6) is 5.75 Å². The van der Waals surface area contributed by atoms with Gasteiger partial charge in [0, 0.05) is 29.4 Å². The first kappa shape index (κ1) is 25.4. The Morgan fingerprint density at radius 1 is 1.13 bits per heavy atom. The second-order valence-corrected chi connectivity index (χ2v) is 9.37. The number of rotatable bonds is 4. The number of halogens is 4. The molecule has 1 aliphatic rings. The van der Waals surface area contributed by atoms with Gasteiger partial charge >= 0.3 is 6.18 Å². The van der Waals surface area contributed by atoms with Crippen molar-refractivity contribution in [1.82, 2.24) is 14.5 Å². The van der Waals surface area contributed by atoms with E-state index in [0.29, 0.717) is 11.1 Å². The molecule has 1 saturated carbocycles. The molecule has 4 aromatic rings. The second-order valence-electron chi connectivity index (χ2n) is 9.37. The highest BCUT2D eigenvalue weighted by atomic mass is 19.4. The third kappa shape index (κ3) is 4.49. The summed E-state index contributed by atoms with van der Waals surface area (Å²) in [5.74, 6) is -2.86. The van der Waals surface area contributed by atoms with Gasteiger partial charge in [-0.05, 0) is 62.1 Å². The van der Waals surface area contributed by atoms with Gasteiger partial charge in [0.15, 0.2) is 17.3 Å². The summed E-state index contributed by atoms with van der Waals surface area (Å²) in [6, 6.07) is 10.4. The van der Waals surface area contributed by atoms with Crippen molar-refractivity contribution in [3.05, 3.63) is 87.8 Å². The van der Waals surface area contributed by atoms with E-state index in [1.165, 1.54) is 29.9 Å². The van der Waals surface area contributed by atoms with Crippen LogP contribution in [0.15, 0.2) is 53.5 Å². The minimum Gasteiger partial charge on any atom is -0.494 e. The number of aryl methyl sites for hydroxylation is 1. The van der Waals surface area contributed by atoms with Gasteiger partial charge in [0.25, 0.3) is 5.56 Å². The number of aromatic nitrogens is 3. The topological polar surface area (TPSA) is 61.4 Å². The van der Waals surface area contributed by atoms with Crippen molar-refractivity contribution in [2.75, 3.05) is 7.11 Å². The van der Waals surface area contributed by atoms with Crippen molar-refractivity contribution < 1.29 is 22.3 Å². The van der Waals surface area contributed by atoms with E-state index in [1.54, 1.807) is 24.4 Å². The van der Waals surface area contributed by atoms with Crippen LogP contribution in [-0.2, 0) is 0 Å². The largest absolute Gasteiger partial charge is 0.494 e. The van der Waals surface area contributed by atoms with Crippen LogP contribution in [0.25, 0.3) is 32.6 Å². The molecule has 194 valence electrons. The van der Waals surface area contributed by atoms with Crippen molar-refractivity contribution in [3.8, 4) is 22.6 Å². The average Bonchev–Trinajstić information content (AvgIpc) is 3.40. The number of pyridine rings is 1. The van der Waals surface area contributed by atoms with E-state index in [4.69, 9.17) is 16.3 Å². The van der Waals surface area contributed by atoms with E-state index in [-0.39, 0.29) is 53.1 Å². The zero-order valence-electron chi connectivity index (χ0n) is 20.5. The monoisotopic (exact) mass is 522 g/mol. The van der Waals surface area contributed by atoms with Crippen molar-refractivity contribution in [1.29, 1.82) is 0 Å². The van der Waals surface area contributed by atoms with Gasteiger partial charge in [-0.25, -0.2) is 14.2 Å². The number of hydrogen-bond donors (Lipinski definition) is 0. The number of methoxy groups -OCH3 is 1. The molecule has 2 aromatic heterocycles. The van der Waals surface area contributed by atoms with Crippen LogP contribution in [0.1, 0.15) is 36.7 Å². The van der Waals surface area contributed by atoms with Crippen molar-refractivity contribution in [2.24, 2.45) is 5.92 Å². The summed E-state index contributed by atoms with van der Waals surface area (Å²) < 4.78 is 61.5. The van der Waals surface area contributed by atoms with E-state index in [0.717, 1.165) is 11.8 Å². The highest BCUT2D eigenvalue weighted by Gasteiger charge is 2.45. The quantitative estimate of drug-likeness (QED) is 0.216. The van der Waals surface area contributed by atoms with Crippen LogP contribution in [0.4, 0.5) is 23.2 Å². The molecule has 0 aliphatic heterocycles. The molecule has 0 saturated heterocycles. The lowest BCUT2D eigenvalue weighted by Crippen LogP contribution is -2.26. The average molecular weight is 523 g/mol. The predicted molar refractivity (Wildman–Crippen MR) is 134 cm³/mol.